The van der Waals surface area contributed by atoms with E-state index in [0.717, 1.165) is 30.2 Å². The molecule has 116 valence electrons. The fourth-order valence-electron chi connectivity index (χ4n) is 3.06. The number of anilines is 1. The van der Waals surface area contributed by atoms with Crippen molar-refractivity contribution < 1.29 is 0 Å². The third kappa shape index (κ3) is 3.82. The molecule has 22 heavy (non-hydrogen) atoms. The summed E-state index contributed by atoms with van der Waals surface area (Å²) in [7, 11) is 0. The number of likely N-dealkylation sites (tertiary alicyclic amines) is 1. The summed E-state index contributed by atoms with van der Waals surface area (Å²) in [6, 6.07) is 17.4. The van der Waals surface area contributed by atoms with E-state index in [1.165, 1.54) is 24.1 Å². The van der Waals surface area contributed by atoms with Gasteiger partial charge < -0.3 is 5.32 Å². The molecule has 2 nitrogen and oxygen atoms in total. The van der Waals surface area contributed by atoms with E-state index >= 15 is 0 Å². The van der Waals surface area contributed by atoms with Gasteiger partial charge >= 0.3 is 0 Å². The third-order valence-corrected chi connectivity index (χ3v) is 4.87. The van der Waals surface area contributed by atoms with E-state index in [-0.39, 0.29) is 0 Å². The zero-order valence-corrected chi connectivity index (χ0v) is 13.8. The maximum absolute atomic E-state index is 6.20. The number of nitrogens with one attached hydrogen (secondary N) is 1. The Hall–Kier alpha value is -1.51. The van der Waals surface area contributed by atoms with Gasteiger partial charge in [0.1, 0.15) is 0 Å². The number of piperidine rings is 1. The van der Waals surface area contributed by atoms with E-state index in [4.69, 9.17) is 11.6 Å². The van der Waals surface area contributed by atoms with Crippen LogP contribution >= 0.6 is 11.6 Å². The molecule has 0 saturated carbocycles. The maximum Gasteiger partial charge on any atom is 0.0455 e. The van der Waals surface area contributed by atoms with Gasteiger partial charge in [0, 0.05) is 36.4 Å². The summed E-state index contributed by atoms with van der Waals surface area (Å²) in [5.74, 6) is 0. The lowest BCUT2D eigenvalue weighted by molar-refractivity contribution is 0.211. The van der Waals surface area contributed by atoms with Gasteiger partial charge in [0.25, 0.3) is 0 Å². The summed E-state index contributed by atoms with van der Waals surface area (Å²) in [6.07, 6.45) is 2.36. The van der Waals surface area contributed by atoms with Crippen molar-refractivity contribution in [3.05, 3.63) is 64.7 Å². The van der Waals surface area contributed by atoms with E-state index in [9.17, 15) is 0 Å². The monoisotopic (exact) mass is 314 g/mol. The third-order valence-electron chi connectivity index (χ3n) is 4.46. The van der Waals surface area contributed by atoms with Crippen LogP contribution in [0.2, 0.25) is 5.02 Å². The SMILES string of the molecule is Cc1c(Cl)cccc1NC1CCN(Cc2ccccc2)CC1. The summed E-state index contributed by atoms with van der Waals surface area (Å²) in [6.45, 7) is 5.43. The maximum atomic E-state index is 6.20. The molecule has 0 spiro atoms. The van der Waals surface area contributed by atoms with Crippen LogP contribution in [0, 0.1) is 6.92 Å². The fourth-order valence-corrected chi connectivity index (χ4v) is 3.24. The Morgan fingerprint density at radius 1 is 1.05 bits per heavy atom. The predicted molar refractivity (Wildman–Crippen MR) is 94.6 cm³/mol. The van der Waals surface area contributed by atoms with E-state index in [2.05, 4.69) is 53.5 Å². The number of nitrogens with zero attached hydrogens (tertiary/aromatic N) is 1. The fraction of sp³-hybridized carbons (Fsp3) is 0.368. The lowest BCUT2D eigenvalue weighted by Crippen LogP contribution is -2.38. The quantitative estimate of drug-likeness (QED) is 0.878. The molecule has 2 aromatic rings. The van der Waals surface area contributed by atoms with Crippen molar-refractivity contribution in [3.8, 4) is 0 Å². The van der Waals surface area contributed by atoms with Gasteiger partial charge in [-0.15, -0.1) is 0 Å². The molecule has 1 heterocycles. The van der Waals surface area contributed by atoms with Crippen LogP contribution in [0.3, 0.4) is 0 Å². The molecule has 1 aliphatic rings. The number of rotatable bonds is 4. The molecule has 1 N–H and O–H groups in total. The van der Waals surface area contributed by atoms with Crippen LogP contribution in [0.5, 0.6) is 0 Å². The Labute approximate surface area is 138 Å². The summed E-state index contributed by atoms with van der Waals surface area (Å²) in [5.41, 5.74) is 3.73. The lowest BCUT2D eigenvalue weighted by Gasteiger charge is -2.33. The van der Waals surface area contributed by atoms with Gasteiger partial charge in [-0.25, -0.2) is 0 Å². The molecule has 1 fully saturated rings. The van der Waals surface area contributed by atoms with Crippen molar-refractivity contribution >= 4 is 17.3 Å². The number of halogens is 1. The highest BCUT2D eigenvalue weighted by atomic mass is 35.5. The van der Waals surface area contributed by atoms with Crippen LogP contribution in [-0.2, 0) is 6.54 Å². The Morgan fingerprint density at radius 3 is 2.50 bits per heavy atom. The first-order valence-electron chi connectivity index (χ1n) is 8.00. The van der Waals surface area contributed by atoms with Crippen LogP contribution in [0.4, 0.5) is 5.69 Å². The topological polar surface area (TPSA) is 15.3 Å². The molecule has 0 amide bonds. The Bertz CT molecular complexity index is 604. The molecular weight excluding hydrogens is 292 g/mol. The van der Waals surface area contributed by atoms with Crippen molar-refractivity contribution in [2.75, 3.05) is 18.4 Å². The van der Waals surface area contributed by atoms with Crippen molar-refractivity contribution in [1.29, 1.82) is 0 Å². The van der Waals surface area contributed by atoms with Gasteiger partial charge in [0.15, 0.2) is 0 Å². The molecule has 3 heteroatoms. The first-order chi connectivity index (χ1) is 10.7. The van der Waals surface area contributed by atoms with Crippen LogP contribution in [0.1, 0.15) is 24.0 Å². The number of benzene rings is 2. The second-order valence-electron chi connectivity index (χ2n) is 6.09. The predicted octanol–water partition coefficient (Wildman–Crippen LogP) is 4.72. The highest BCUT2D eigenvalue weighted by Gasteiger charge is 2.19. The average molecular weight is 315 g/mol. The minimum atomic E-state index is 0.546. The molecular formula is C19H23ClN2. The second kappa shape index (κ2) is 7.17. The van der Waals surface area contributed by atoms with Gasteiger partial charge in [-0.2, -0.15) is 0 Å². The number of hydrogen-bond acceptors (Lipinski definition) is 2. The van der Waals surface area contributed by atoms with Crippen LogP contribution < -0.4 is 5.32 Å². The Balaban J connectivity index is 1.52. The highest BCUT2D eigenvalue weighted by molar-refractivity contribution is 6.31. The zero-order valence-electron chi connectivity index (χ0n) is 13.1. The molecule has 0 aromatic heterocycles. The second-order valence-corrected chi connectivity index (χ2v) is 6.50. The van der Waals surface area contributed by atoms with Crippen LogP contribution in [-0.4, -0.2) is 24.0 Å². The molecule has 0 radical (unpaired) electrons. The molecule has 0 aliphatic carbocycles. The Kier molecular flexibility index (Phi) is 5.01. The summed E-state index contributed by atoms with van der Waals surface area (Å²) in [5, 5.41) is 4.50. The zero-order chi connectivity index (χ0) is 15.4. The number of hydrogen-bond donors (Lipinski definition) is 1. The van der Waals surface area contributed by atoms with Gasteiger partial charge in [-0.1, -0.05) is 48.0 Å². The van der Waals surface area contributed by atoms with E-state index in [1.807, 2.05) is 12.1 Å². The average Bonchev–Trinajstić information content (AvgIpc) is 2.55. The van der Waals surface area contributed by atoms with E-state index in [1.54, 1.807) is 0 Å². The van der Waals surface area contributed by atoms with Crippen molar-refractivity contribution in [2.45, 2.75) is 32.4 Å². The lowest BCUT2D eigenvalue weighted by atomic mass is 10.0. The molecule has 2 aromatic carbocycles. The van der Waals surface area contributed by atoms with Crippen molar-refractivity contribution in [1.82, 2.24) is 4.90 Å². The molecule has 0 unspecified atom stereocenters. The standard InChI is InChI=1S/C19H23ClN2/c1-15-18(20)8-5-9-19(15)21-17-10-12-22(13-11-17)14-16-6-3-2-4-7-16/h2-9,17,21H,10-14H2,1H3. The smallest absolute Gasteiger partial charge is 0.0455 e. The van der Waals surface area contributed by atoms with E-state index in [0.29, 0.717) is 6.04 Å². The minimum Gasteiger partial charge on any atom is -0.382 e. The Morgan fingerprint density at radius 2 is 1.77 bits per heavy atom. The molecule has 1 saturated heterocycles. The highest BCUT2D eigenvalue weighted by Crippen LogP contribution is 2.25. The van der Waals surface area contributed by atoms with Gasteiger partial charge in [-0.3, -0.25) is 4.90 Å². The summed E-state index contributed by atoms with van der Waals surface area (Å²) >= 11 is 6.20. The molecule has 0 bridgehead atoms. The largest absolute Gasteiger partial charge is 0.382 e. The van der Waals surface area contributed by atoms with Gasteiger partial charge in [0.05, 0.1) is 0 Å². The van der Waals surface area contributed by atoms with Gasteiger partial charge in [-0.05, 0) is 43.0 Å². The first-order valence-corrected chi connectivity index (χ1v) is 8.38. The van der Waals surface area contributed by atoms with Gasteiger partial charge in [0.2, 0.25) is 0 Å². The molecule has 0 atom stereocenters. The van der Waals surface area contributed by atoms with Crippen molar-refractivity contribution in [3.63, 3.8) is 0 Å². The van der Waals surface area contributed by atoms with E-state index < -0.39 is 0 Å². The van der Waals surface area contributed by atoms with Crippen molar-refractivity contribution in [2.24, 2.45) is 0 Å². The summed E-state index contributed by atoms with van der Waals surface area (Å²) in [4.78, 5) is 2.54. The first kappa shape index (κ1) is 15.4. The molecule has 3 rings (SSSR count). The van der Waals surface area contributed by atoms with Crippen LogP contribution in [0.15, 0.2) is 48.5 Å². The van der Waals surface area contributed by atoms with Crippen LogP contribution in [0.25, 0.3) is 0 Å². The summed E-state index contributed by atoms with van der Waals surface area (Å²) < 4.78 is 0. The normalized spacial score (nSPS) is 16.6. The molecule has 1 aliphatic heterocycles. The minimum absolute atomic E-state index is 0.546.